The lowest BCUT2D eigenvalue weighted by atomic mass is 10.1. The Morgan fingerprint density at radius 3 is 2.33 bits per heavy atom. The minimum atomic E-state index is -1.42. The maximum absolute atomic E-state index is 12.2. The predicted octanol–water partition coefficient (Wildman–Crippen LogP) is 3.99. The minimum absolute atomic E-state index is 0.0658. The van der Waals surface area contributed by atoms with Gasteiger partial charge in [0.1, 0.15) is 0 Å². The second kappa shape index (κ2) is 8.18. The number of hydrogen-bond donors (Lipinski definition) is 0. The molecule has 0 aliphatic heterocycles. The standard InChI is InChI=1S/C10H10ClFO.C2H4/c11-10(12)7-6-9(13)8-4-2-1-3-5-8;1-2/h1-5,10H,6-7H2;1-2H2. The van der Waals surface area contributed by atoms with E-state index in [1.54, 1.807) is 24.3 Å². The van der Waals surface area contributed by atoms with Gasteiger partial charge in [-0.3, -0.25) is 4.79 Å². The molecule has 0 bridgehead atoms. The smallest absolute Gasteiger partial charge is 0.173 e. The van der Waals surface area contributed by atoms with Crippen molar-refractivity contribution < 1.29 is 9.18 Å². The molecule has 0 aliphatic rings. The maximum atomic E-state index is 12.2. The van der Waals surface area contributed by atoms with E-state index in [-0.39, 0.29) is 18.6 Å². The van der Waals surface area contributed by atoms with Gasteiger partial charge in [0, 0.05) is 12.0 Å². The van der Waals surface area contributed by atoms with E-state index < -0.39 is 5.63 Å². The Labute approximate surface area is 94.6 Å². The molecule has 1 unspecified atom stereocenters. The van der Waals surface area contributed by atoms with Gasteiger partial charge < -0.3 is 0 Å². The van der Waals surface area contributed by atoms with Crippen LogP contribution in [0.4, 0.5) is 4.39 Å². The van der Waals surface area contributed by atoms with Crippen molar-refractivity contribution in [2.75, 3.05) is 0 Å². The molecule has 0 N–H and O–H groups in total. The molecule has 1 nitrogen and oxygen atoms in total. The van der Waals surface area contributed by atoms with E-state index in [1.807, 2.05) is 6.07 Å². The molecule has 0 spiro atoms. The highest BCUT2D eigenvalue weighted by atomic mass is 35.5. The van der Waals surface area contributed by atoms with Gasteiger partial charge >= 0.3 is 0 Å². The van der Waals surface area contributed by atoms with Crippen molar-refractivity contribution in [2.24, 2.45) is 0 Å². The monoisotopic (exact) mass is 228 g/mol. The van der Waals surface area contributed by atoms with E-state index in [1.165, 1.54) is 0 Å². The van der Waals surface area contributed by atoms with Crippen LogP contribution in [0, 0.1) is 0 Å². The lowest BCUT2D eigenvalue weighted by Gasteiger charge is -2.00. The highest BCUT2D eigenvalue weighted by molar-refractivity contribution is 6.19. The van der Waals surface area contributed by atoms with Gasteiger partial charge in [-0.1, -0.05) is 41.9 Å². The molecule has 82 valence electrons. The zero-order valence-electron chi connectivity index (χ0n) is 8.46. The zero-order valence-corrected chi connectivity index (χ0v) is 9.21. The van der Waals surface area contributed by atoms with Gasteiger partial charge in [0.2, 0.25) is 0 Å². The molecule has 1 rings (SSSR count). The second-order valence-corrected chi connectivity index (χ2v) is 3.19. The van der Waals surface area contributed by atoms with Crippen molar-refractivity contribution in [3.05, 3.63) is 49.1 Å². The third-order valence-electron chi connectivity index (χ3n) is 1.69. The molecule has 0 heterocycles. The van der Waals surface area contributed by atoms with Crippen LogP contribution in [0.3, 0.4) is 0 Å². The molecule has 0 aliphatic carbocycles. The Morgan fingerprint density at radius 2 is 1.87 bits per heavy atom. The number of rotatable bonds is 4. The first kappa shape index (κ1) is 13.8. The molecule has 1 aromatic rings. The second-order valence-electron chi connectivity index (χ2n) is 2.72. The van der Waals surface area contributed by atoms with Crippen LogP contribution < -0.4 is 0 Å². The molecule has 0 fully saturated rings. The quantitative estimate of drug-likeness (QED) is 0.433. The number of halogens is 2. The largest absolute Gasteiger partial charge is 0.294 e. The predicted molar refractivity (Wildman–Crippen MR) is 62.0 cm³/mol. The van der Waals surface area contributed by atoms with Gasteiger partial charge in [-0.2, -0.15) is 0 Å². The summed E-state index contributed by atoms with van der Waals surface area (Å²) in [5, 5.41) is 0. The molecule has 0 amide bonds. The van der Waals surface area contributed by atoms with E-state index in [0.29, 0.717) is 5.56 Å². The molecule has 1 atom stereocenters. The molecule has 3 heteroatoms. The van der Waals surface area contributed by atoms with Crippen LogP contribution in [-0.2, 0) is 0 Å². The number of carbonyl (C=O) groups is 1. The average Bonchev–Trinajstić information content (AvgIpc) is 2.30. The van der Waals surface area contributed by atoms with Crippen molar-refractivity contribution in [3.8, 4) is 0 Å². The van der Waals surface area contributed by atoms with Crippen LogP contribution in [0.1, 0.15) is 23.2 Å². The highest BCUT2D eigenvalue weighted by Crippen LogP contribution is 2.10. The fourth-order valence-electron chi connectivity index (χ4n) is 1.01. The summed E-state index contributed by atoms with van der Waals surface area (Å²) < 4.78 is 12.2. The number of Topliss-reactive ketones (excluding diaryl/α,β-unsaturated/α-hetero) is 1. The minimum Gasteiger partial charge on any atom is -0.294 e. The zero-order chi connectivity index (χ0) is 11.7. The summed E-state index contributed by atoms with van der Waals surface area (Å²) in [5.41, 5.74) is -0.813. The Bertz CT molecular complexity index is 285. The Hall–Kier alpha value is -1.15. The van der Waals surface area contributed by atoms with Gasteiger partial charge in [0.25, 0.3) is 0 Å². The molecule has 0 radical (unpaired) electrons. The summed E-state index contributed by atoms with van der Waals surface area (Å²) in [6, 6.07) is 8.81. The van der Waals surface area contributed by atoms with Crippen LogP contribution >= 0.6 is 11.6 Å². The van der Waals surface area contributed by atoms with Crippen molar-refractivity contribution >= 4 is 17.4 Å². The van der Waals surface area contributed by atoms with Crippen LogP contribution in [0.15, 0.2) is 43.5 Å². The first-order chi connectivity index (χ1) is 7.20. The van der Waals surface area contributed by atoms with Crippen molar-refractivity contribution in [2.45, 2.75) is 18.5 Å². The summed E-state index contributed by atoms with van der Waals surface area (Å²) in [4.78, 5) is 11.3. The van der Waals surface area contributed by atoms with E-state index in [0.717, 1.165) is 0 Å². The molecule has 0 saturated heterocycles. The topological polar surface area (TPSA) is 17.1 Å². The lowest BCUT2D eigenvalue weighted by Crippen LogP contribution is -2.01. The average molecular weight is 229 g/mol. The molecule has 15 heavy (non-hydrogen) atoms. The number of ketones is 1. The fourth-order valence-corrected chi connectivity index (χ4v) is 1.12. The summed E-state index contributed by atoms with van der Waals surface area (Å²) in [5.74, 6) is -0.0658. The first-order valence-corrected chi connectivity index (χ1v) is 5.00. The number of hydrogen-bond acceptors (Lipinski definition) is 1. The van der Waals surface area contributed by atoms with Crippen LogP contribution in [0.5, 0.6) is 0 Å². The molecule has 0 saturated carbocycles. The number of alkyl halides is 2. The third kappa shape index (κ3) is 6.02. The van der Waals surface area contributed by atoms with Crippen molar-refractivity contribution in [1.82, 2.24) is 0 Å². The summed E-state index contributed by atoms with van der Waals surface area (Å²) in [6.07, 6.45) is 0.240. The van der Waals surface area contributed by atoms with Crippen LogP contribution in [0.2, 0.25) is 0 Å². The number of benzene rings is 1. The summed E-state index contributed by atoms with van der Waals surface area (Å²) >= 11 is 5.09. The summed E-state index contributed by atoms with van der Waals surface area (Å²) in [6.45, 7) is 6.00. The lowest BCUT2D eigenvalue weighted by molar-refractivity contribution is 0.0975. The Kier molecular flexibility index (Phi) is 7.56. The van der Waals surface area contributed by atoms with Crippen LogP contribution in [-0.4, -0.2) is 11.4 Å². The number of carbonyl (C=O) groups excluding carboxylic acids is 1. The molecular formula is C12H14ClFO. The SMILES string of the molecule is C=C.O=C(CCC(F)Cl)c1ccccc1. The van der Waals surface area contributed by atoms with Gasteiger partial charge in [-0.15, -0.1) is 13.2 Å². The third-order valence-corrected chi connectivity index (χ3v) is 1.90. The van der Waals surface area contributed by atoms with Crippen molar-refractivity contribution in [3.63, 3.8) is 0 Å². The van der Waals surface area contributed by atoms with E-state index in [9.17, 15) is 9.18 Å². The van der Waals surface area contributed by atoms with Gasteiger partial charge in [0.05, 0.1) is 0 Å². The normalized spacial score (nSPS) is 11.1. The molecular weight excluding hydrogens is 215 g/mol. The maximum Gasteiger partial charge on any atom is 0.173 e. The van der Waals surface area contributed by atoms with E-state index >= 15 is 0 Å². The van der Waals surface area contributed by atoms with Crippen LogP contribution in [0.25, 0.3) is 0 Å². The van der Waals surface area contributed by atoms with Gasteiger partial charge in [0.15, 0.2) is 11.4 Å². The molecule has 1 aromatic carbocycles. The Morgan fingerprint density at radius 1 is 1.33 bits per heavy atom. The van der Waals surface area contributed by atoms with E-state index in [2.05, 4.69) is 13.2 Å². The van der Waals surface area contributed by atoms with Gasteiger partial charge in [-0.05, 0) is 6.42 Å². The van der Waals surface area contributed by atoms with Crippen molar-refractivity contribution in [1.29, 1.82) is 0 Å². The first-order valence-electron chi connectivity index (χ1n) is 4.56. The highest BCUT2D eigenvalue weighted by Gasteiger charge is 2.08. The fraction of sp³-hybridized carbons (Fsp3) is 0.250. The van der Waals surface area contributed by atoms with Gasteiger partial charge in [-0.25, -0.2) is 4.39 Å². The molecule has 0 aromatic heterocycles. The van der Waals surface area contributed by atoms with E-state index in [4.69, 9.17) is 11.6 Å². The Balaban J connectivity index is 0.000000921. The summed E-state index contributed by atoms with van der Waals surface area (Å²) in [7, 11) is 0.